The minimum Gasteiger partial charge on any atom is -0.345 e. The van der Waals surface area contributed by atoms with Gasteiger partial charge in [-0.05, 0) is 25.1 Å². The van der Waals surface area contributed by atoms with Gasteiger partial charge in [0.2, 0.25) is 0 Å². The predicted molar refractivity (Wildman–Crippen MR) is 119 cm³/mol. The Balaban J connectivity index is 1.71. The van der Waals surface area contributed by atoms with Crippen LogP contribution in [0.4, 0.5) is 23.4 Å². The fourth-order valence-corrected chi connectivity index (χ4v) is 4.12. The first-order chi connectivity index (χ1) is 16.5. The fraction of sp³-hybridized carbons (Fsp3) is 0.304. The Bertz CT molecular complexity index is 1520. The number of benzene rings is 1. The summed E-state index contributed by atoms with van der Waals surface area (Å²) in [6.45, 7) is 0.735. The highest BCUT2D eigenvalue weighted by Crippen LogP contribution is 2.37. The molecule has 4 heterocycles. The number of anilines is 1. The maximum atomic E-state index is 14.8. The first-order valence-electron chi connectivity index (χ1n) is 10.7. The molecule has 182 valence electrons. The van der Waals surface area contributed by atoms with Crippen molar-refractivity contribution < 1.29 is 22.3 Å². The van der Waals surface area contributed by atoms with Gasteiger partial charge in [-0.1, -0.05) is 0 Å². The van der Waals surface area contributed by atoms with Crippen LogP contribution in [0, 0.1) is 18.6 Å². The number of hydrogen-bond donors (Lipinski definition) is 0. The topological polar surface area (TPSA) is 78.1 Å². The second-order valence-electron chi connectivity index (χ2n) is 8.44. The molecule has 1 unspecified atom stereocenters. The SMILES string of the molecule is Cc1nc2c(-c3ccc(F)cc3F)nc(N3CC(c4cnn(C)c4)OC(F)(F)C3)cc2c(=O)n1C. The highest BCUT2D eigenvalue weighted by atomic mass is 19.3. The van der Waals surface area contributed by atoms with Crippen molar-refractivity contribution in [3.8, 4) is 11.3 Å². The van der Waals surface area contributed by atoms with Gasteiger partial charge < -0.3 is 9.64 Å². The molecule has 0 N–H and O–H groups in total. The van der Waals surface area contributed by atoms with Gasteiger partial charge in [0.05, 0.1) is 18.1 Å². The van der Waals surface area contributed by atoms with E-state index in [2.05, 4.69) is 15.1 Å². The number of nitrogens with zero attached hydrogens (tertiary/aromatic N) is 6. The lowest BCUT2D eigenvalue weighted by atomic mass is 10.1. The van der Waals surface area contributed by atoms with E-state index in [1.54, 1.807) is 20.2 Å². The van der Waals surface area contributed by atoms with Gasteiger partial charge in [-0.2, -0.15) is 13.9 Å². The number of aromatic nitrogens is 5. The number of ether oxygens (including phenoxy) is 1. The standard InChI is InChI=1S/C23H20F4N6O2/c1-12-29-21-16(22(34)32(12)3)7-19(30-20(21)15-5-4-14(24)6-17(15)25)33-10-18(35-23(26,27)11-33)13-8-28-31(2)9-13/h4-9,18H,10-11H2,1-3H3. The summed E-state index contributed by atoms with van der Waals surface area (Å²) >= 11 is 0. The van der Waals surface area contributed by atoms with E-state index in [0.717, 1.165) is 6.07 Å². The molecule has 0 amide bonds. The van der Waals surface area contributed by atoms with Crippen LogP contribution in [0.25, 0.3) is 22.2 Å². The van der Waals surface area contributed by atoms with E-state index in [0.29, 0.717) is 17.5 Å². The third-order valence-electron chi connectivity index (χ3n) is 5.96. The molecule has 35 heavy (non-hydrogen) atoms. The van der Waals surface area contributed by atoms with Gasteiger partial charge in [0.15, 0.2) is 0 Å². The molecule has 3 aromatic heterocycles. The van der Waals surface area contributed by atoms with Crippen LogP contribution in [0.15, 0.2) is 41.5 Å². The van der Waals surface area contributed by atoms with Gasteiger partial charge in [0.25, 0.3) is 5.56 Å². The van der Waals surface area contributed by atoms with Crippen LogP contribution in [0.2, 0.25) is 0 Å². The molecule has 0 radical (unpaired) electrons. The molecule has 0 spiro atoms. The quantitative estimate of drug-likeness (QED) is 0.411. The van der Waals surface area contributed by atoms with Crippen molar-refractivity contribution in [2.24, 2.45) is 14.1 Å². The summed E-state index contributed by atoms with van der Waals surface area (Å²) in [4.78, 5) is 23.2. The zero-order chi connectivity index (χ0) is 25.1. The van der Waals surface area contributed by atoms with Crippen molar-refractivity contribution >= 4 is 16.7 Å². The van der Waals surface area contributed by atoms with Crippen LogP contribution in [0.3, 0.4) is 0 Å². The summed E-state index contributed by atoms with van der Waals surface area (Å²) in [6.07, 6.45) is -1.57. The van der Waals surface area contributed by atoms with Gasteiger partial charge in [-0.25, -0.2) is 18.7 Å². The average molecular weight is 488 g/mol. The zero-order valence-corrected chi connectivity index (χ0v) is 19.0. The van der Waals surface area contributed by atoms with Gasteiger partial charge in [-0.15, -0.1) is 0 Å². The summed E-state index contributed by atoms with van der Waals surface area (Å²) in [7, 11) is 3.17. The van der Waals surface area contributed by atoms with E-state index in [1.165, 1.54) is 39.5 Å². The predicted octanol–water partition coefficient (Wildman–Crippen LogP) is 3.49. The molecule has 1 fully saturated rings. The highest BCUT2D eigenvalue weighted by Gasteiger charge is 2.43. The lowest BCUT2D eigenvalue weighted by molar-refractivity contribution is -0.269. The monoisotopic (exact) mass is 488 g/mol. The van der Waals surface area contributed by atoms with Gasteiger partial charge in [0, 0.05) is 37.5 Å². The second kappa shape index (κ2) is 8.15. The third-order valence-corrected chi connectivity index (χ3v) is 5.96. The third kappa shape index (κ3) is 4.14. The Morgan fingerprint density at radius 3 is 2.60 bits per heavy atom. The highest BCUT2D eigenvalue weighted by molar-refractivity contribution is 5.93. The Morgan fingerprint density at radius 2 is 1.91 bits per heavy atom. The molecule has 0 aliphatic carbocycles. The summed E-state index contributed by atoms with van der Waals surface area (Å²) < 4.78 is 65.4. The molecule has 1 atom stereocenters. The Morgan fingerprint density at radius 1 is 1.14 bits per heavy atom. The molecule has 4 aromatic rings. The van der Waals surface area contributed by atoms with Crippen LogP contribution < -0.4 is 10.5 Å². The van der Waals surface area contributed by atoms with E-state index in [9.17, 15) is 22.4 Å². The number of hydrogen-bond acceptors (Lipinski definition) is 6. The van der Waals surface area contributed by atoms with Crippen LogP contribution in [0.5, 0.6) is 0 Å². The molecule has 5 rings (SSSR count). The maximum Gasteiger partial charge on any atom is 0.373 e. The number of halogens is 4. The lowest BCUT2D eigenvalue weighted by Crippen LogP contribution is -2.48. The number of alkyl halides is 2. The van der Waals surface area contributed by atoms with Gasteiger partial charge >= 0.3 is 6.11 Å². The molecule has 0 bridgehead atoms. The lowest BCUT2D eigenvalue weighted by Gasteiger charge is -2.38. The van der Waals surface area contributed by atoms with Crippen LogP contribution in [-0.2, 0) is 18.8 Å². The van der Waals surface area contributed by atoms with Crippen molar-refractivity contribution in [1.82, 2.24) is 24.3 Å². The Hall–Kier alpha value is -3.80. The minimum absolute atomic E-state index is 0.0100. The summed E-state index contributed by atoms with van der Waals surface area (Å²) in [5.41, 5.74) is -0.0890. The number of rotatable bonds is 3. The molecular weight excluding hydrogens is 468 g/mol. The first-order valence-corrected chi connectivity index (χ1v) is 10.7. The van der Waals surface area contributed by atoms with Gasteiger partial charge in [0.1, 0.15) is 47.1 Å². The van der Waals surface area contributed by atoms with Crippen LogP contribution >= 0.6 is 0 Å². The van der Waals surface area contributed by atoms with Crippen molar-refractivity contribution in [3.63, 3.8) is 0 Å². The summed E-state index contributed by atoms with van der Waals surface area (Å²) in [5.74, 6) is -1.36. The molecule has 1 aliphatic rings. The second-order valence-corrected chi connectivity index (χ2v) is 8.44. The first kappa shape index (κ1) is 23.0. The molecule has 1 aromatic carbocycles. The largest absolute Gasteiger partial charge is 0.373 e. The number of aryl methyl sites for hydroxylation is 2. The van der Waals surface area contributed by atoms with Crippen molar-refractivity contribution in [2.45, 2.75) is 19.1 Å². The minimum atomic E-state index is -3.53. The molecule has 12 heteroatoms. The van der Waals surface area contributed by atoms with E-state index in [-0.39, 0.29) is 34.5 Å². The zero-order valence-electron chi connectivity index (χ0n) is 19.0. The van der Waals surface area contributed by atoms with E-state index in [4.69, 9.17) is 4.74 Å². The van der Waals surface area contributed by atoms with Crippen molar-refractivity contribution in [1.29, 1.82) is 0 Å². The van der Waals surface area contributed by atoms with E-state index >= 15 is 0 Å². The van der Waals surface area contributed by atoms with E-state index < -0.39 is 36.0 Å². The number of morpholine rings is 1. The van der Waals surface area contributed by atoms with E-state index in [1.807, 2.05) is 0 Å². The number of pyridine rings is 1. The van der Waals surface area contributed by atoms with Crippen LogP contribution in [0.1, 0.15) is 17.5 Å². The molecule has 1 aliphatic heterocycles. The Labute approximate surface area is 196 Å². The summed E-state index contributed by atoms with van der Waals surface area (Å²) in [5, 5.41) is 4.08. The normalized spacial score (nSPS) is 17.8. The molecule has 8 nitrogen and oxygen atoms in total. The fourth-order valence-electron chi connectivity index (χ4n) is 4.12. The van der Waals surface area contributed by atoms with Crippen molar-refractivity contribution in [2.75, 3.05) is 18.0 Å². The smallest absolute Gasteiger partial charge is 0.345 e. The van der Waals surface area contributed by atoms with Gasteiger partial charge in [-0.3, -0.25) is 14.0 Å². The average Bonchev–Trinajstić information content (AvgIpc) is 3.23. The molecular formula is C23H20F4N6O2. The molecule has 1 saturated heterocycles. The molecule has 0 saturated carbocycles. The Kier molecular flexibility index (Phi) is 5.35. The summed E-state index contributed by atoms with van der Waals surface area (Å²) in [6, 6.07) is 4.27. The van der Waals surface area contributed by atoms with Crippen LogP contribution in [-0.4, -0.2) is 43.5 Å². The maximum absolute atomic E-state index is 14.8. The van der Waals surface area contributed by atoms with Crippen molar-refractivity contribution in [3.05, 3.63) is 70.0 Å². The number of fused-ring (bicyclic) bond motifs is 1.